The lowest BCUT2D eigenvalue weighted by molar-refractivity contribution is 0.701. The number of rotatable bonds is 9. The largest absolute Gasteiger partial charge is 0.381 e. The van der Waals surface area contributed by atoms with Crippen molar-refractivity contribution in [1.29, 1.82) is 0 Å². The van der Waals surface area contributed by atoms with Gasteiger partial charge in [-0.1, -0.05) is 49.0 Å². The molecule has 0 radical (unpaired) electrons. The quantitative estimate of drug-likeness (QED) is 0.467. The fraction of sp³-hybridized carbons (Fsp3) is 0.321. The number of nitrogens with zero attached hydrogens (tertiary/aromatic N) is 1. The molecular formula is C28H35N3O. The van der Waals surface area contributed by atoms with Crippen LogP contribution in [0.5, 0.6) is 0 Å². The van der Waals surface area contributed by atoms with Gasteiger partial charge in [0.25, 0.3) is 5.56 Å². The van der Waals surface area contributed by atoms with Crippen LogP contribution in [0.3, 0.4) is 0 Å². The van der Waals surface area contributed by atoms with Crippen LogP contribution in [0, 0.1) is 13.8 Å². The van der Waals surface area contributed by atoms with Gasteiger partial charge < -0.3 is 15.2 Å². The van der Waals surface area contributed by atoms with Gasteiger partial charge in [0.1, 0.15) is 0 Å². The summed E-state index contributed by atoms with van der Waals surface area (Å²) in [7, 11) is 0. The molecule has 0 amide bonds. The average molecular weight is 430 g/mol. The predicted molar refractivity (Wildman–Crippen MR) is 136 cm³/mol. The van der Waals surface area contributed by atoms with E-state index in [0.29, 0.717) is 12.6 Å². The molecule has 3 aromatic rings. The first-order valence-corrected chi connectivity index (χ1v) is 11.4. The van der Waals surface area contributed by atoms with E-state index in [9.17, 15) is 4.79 Å². The van der Waals surface area contributed by atoms with Gasteiger partial charge in [0, 0.05) is 47.3 Å². The zero-order chi connectivity index (χ0) is 23.3. The second-order valence-electron chi connectivity index (χ2n) is 8.61. The molecule has 3 rings (SSSR count). The summed E-state index contributed by atoms with van der Waals surface area (Å²) in [5.41, 5.74) is 8.15. The Hall–Kier alpha value is -3.27. The Morgan fingerprint density at radius 1 is 1.09 bits per heavy atom. The molecule has 0 aliphatic carbocycles. The van der Waals surface area contributed by atoms with Gasteiger partial charge in [-0.3, -0.25) is 4.79 Å². The SMILES string of the molecule is C=C(NCc1c(Cc2ccccc2)cc(C)[nH]c1=O)c1cccc(N(CC)C(C)C)c1C. The average Bonchev–Trinajstić information content (AvgIpc) is 2.75. The van der Waals surface area contributed by atoms with Crippen LogP contribution in [-0.4, -0.2) is 17.6 Å². The van der Waals surface area contributed by atoms with Crippen LogP contribution < -0.4 is 15.8 Å². The first-order valence-electron chi connectivity index (χ1n) is 11.4. The van der Waals surface area contributed by atoms with Gasteiger partial charge in [0.2, 0.25) is 0 Å². The van der Waals surface area contributed by atoms with Crippen molar-refractivity contribution in [2.24, 2.45) is 0 Å². The number of aryl methyl sites for hydroxylation is 1. The van der Waals surface area contributed by atoms with Gasteiger partial charge in [-0.15, -0.1) is 0 Å². The molecule has 0 spiro atoms. The molecule has 1 heterocycles. The van der Waals surface area contributed by atoms with Crippen LogP contribution in [-0.2, 0) is 13.0 Å². The maximum absolute atomic E-state index is 12.8. The Balaban J connectivity index is 1.85. The highest BCUT2D eigenvalue weighted by molar-refractivity contribution is 5.71. The summed E-state index contributed by atoms with van der Waals surface area (Å²) in [5.74, 6) is 0. The molecule has 0 atom stereocenters. The van der Waals surface area contributed by atoms with Gasteiger partial charge in [-0.25, -0.2) is 0 Å². The number of H-pyrrole nitrogens is 1. The summed E-state index contributed by atoms with van der Waals surface area (Å²) in [6, 6.07) is 19.1. The maximum atomic E-state index is 12.8. The minimum absolute atomic E-state index is 0.0429. The summed E-state index contributed by atoms with van der Waals surface area (Å²) >= 11 is 0. The molecule has 1 aromatic heterocycles. The lowest BCUT2D eigenvalue weighted by Crippen LogP contribution is -2.31. The number of aromatic amines is 1. The summed E-state index contributed by atoms with van der Waals surface area (Å²) < 4.78 is 0. The molecule has 0 saturated carbocycles. The Morgan fingerprint density at radius 3 is 2.47 bits per heavy atom. The number of pyridine rings is 1. The lowest BCUT2D eigenvalue weighted by atomic mass is 9.99. The fourth-order valence-electron chi connectivity index (χ4n) is 4.32. The normalized spacial score (nSPS) is 10.9. The number of nitrogens with one attached hydrogen (secondary N) is 2. The van der Waals surface area contributed by atoms with E-state index in [2.05, 4.69) is 85.9 Å². The van der Waals surface area contributed by atoms with E-state index in [-0.39, 0.29) is 5.56 Å². The third-order valence-electron chi connectivity index (χ3n) is 5.98. The van der Waals surface area contributed by atoms with E-state index in [1.807, 2.05) is 25.1 Å². The standard InChI is InChI=1S/C28H35N3O/c1-7-31(19(2)3)27-15-11-14-25(21(27)5)22(6)29-18-26-24(16-20(4)30-28(26)32)17-23-12-9-8-10-13-23/h8-16,19,29H,6-7,17-18H2,1-5H3,(H,30,32). The van der Waals surface area contributed by atoms with Gasteiger partial charge in [0.15, 0.2) is 0 Å². The molecule has 4 nitrogen and oxygen atoms in total. The molecule has 2 aromatic carbocycles. The monoisotopic (exact) mass is 429 g/mol. The van der Waals surface area contributed by atoms with Crippen molar-refractivity contribution in [3.8, 4) is 0 Å². The summed E-state index contributed by atoms with van der Waals surface area (Å²) in [6.45, 7) is 16.3. The van der Waals surface area contributed by atoms with Gasteiger partial charge in [-0.05, 0) is 69.9 Å². The van der Waals surface area contributed by atoms with E-state index in [0.717, 1.165) is 41.0 Å². The van der Waals surface area contributed by atoms with Crippen molar-refractivity contribution in [2.45, 2.75) is 53.6 Å². The van der Waals surface area contributed by atoms with E-state index < -0.39 is 0 Å². The molecule has 168 valence electrons. The lowest BCUT2D eigenvalue weighted by Gasteiger charge is -2.30. The van der Waals surface area contributed by atoms with Crippen molar-refractivity contribution < 1.29 is 0 Å². The second kappa shape index (κ2) is 10.4. The maximum Gasteiger partial charge on any atom is 0.253 e. The van der Waals surface area contributed by atoms with E-state index in [1.165, 1.54) is 16.8 Å². The van der Waals surface area contributed by atoms with Crippen molar-refractivity contribution in [2.75, 3.05) is 11.4 Å². The molecule has 0 unspecified atom stereocenters. The third-order valence-corrected chi connectivity index (χ3v) is 5.98. The Morgan fingerprint density at radius 2 is 1.81 bits per heavy atom. The van der Waals surface area contributed by atoms with Crippen LogP contribution in [0.4, 0.5) is 5.69 Å². The van der Waals surface area contributed by atoms with Crippen LogP contribution in [0.1, 0.15) is 54.3 Å². The van der Waals surface area contributed by atoms with E-state index >= 15 is 0 Å². The molecule has 2 N–H and O–H groups in total. The minimum atomic E-state index is -0.0429. The van der Waals surface area contributed by atoms with E-state index in [1.54, 1.807) is 0 Å². The molecule has 0 aliphatic rings. The number of hydrogen-bond donors (Lipinski definition) is 2. The molecule has 0 fully saturated rings. The molecule has 4 heteroatoms. The van der Waals surface area contributed by atoms with Gasteiger partial charge >= 0.3 is 0 Å². The van der Waals surface area contributed by atoms with E-state index in [4.69, 9.17) is 0 Å². The summed E-state index contributed by atoms with van der Waals surface area (Å²) in [4.78, 5) is 18.1. The van der Waals surface area contributed by atoms with Crippen molar-refractivity contribution in [3.05, 3.63) is 105 Å². The fourth-order valence-corrected chi connectivity index (χ4v) is 4.32. The highest BCUT2D eigenvalue weighted by atomic mass is 16.1. The topological polar surface area (TPSA) is 48.1 Å². The molecule has 0 saturated heterocycles. The predicted octanol–water partition coefficient (Wildman–Crippen LogP) is 5.58. The van der Waals surface area contributed by atoms with Gasteiger partial charge in [-0.2, -0.15) is 0 Å². The Bertz CT molecular complexity index is 1130. The summed E-state index contributed by atoms with van der Waals surface area (Å²) in [5, 5.41) is 3.42. The highest BCUT2D eigenvalue weighted by Gasteiger charge is 2.15. The number of benzene rings is 2. The van der Waals surface area contributed by atoms with Crippen LogP contribution in [0.25, 0.3) is 5.70 Å². The molecule has 0 bridgehead atoms. The molecule has 0 aliphatic heterocycles. The third kappa shape index (κ3) is 5.31. The highest BCUT2D eigenvalue weighted by Crippen LogP contribution is 2.28. The van der Waals surface area contributed by atoms with Gasteiger partial charge in [0.05, 0.1) is 0 Å². The summed E-state index contributed by atoms with van der Waals surface area (Å²) in [6.07, 6.45) is 0.726. The van der Waals surface area contributed by atoms with Crippen LogP contribution in [0.2, 0.25) is 0 Å². The number of aromatic nitrogens is 1. The first kappa shape index (κ1) is 23.4. The first-order chi connectivity index (χ1) is 15.3. The minimum Gasteiger partial charge on any atom is -0.381 e. The Kier molecular flexibility index (Phi) is 7.57. The van der Waals surface area contributed by atoms with Crippen molar-refractivity contribution in [3.63, 3.8) is 0 Å². The Labute approximate surface area is 192 Å². The molecular weight excluding hydrogens is 394 g/mol. The smallest absolute Gasteiger partial charge is 0.253 e. The second-order valence-corrected chi connectivity index (χ2v) is 8.61. The molecule has 32 heavy (non-hydrogen) atoms. The zero-order valence-electron chi connectivity index (χ0n) is 20.0. The van der Waals surface area contributed by atoms with Crippen LogP contribution in [0.15, 0.2) is 66.0 Å². The van der Waals surface area contributed by atoms with Crippen molar-refractivity contribution >= 4 is 11.4 Å². The van der Waals surface area contributed by atoms with Crippen LogP contribution >= 0.6 is 0 Å². The zero-order valence-corrected chi connectivity index (χ0v) is 20.0. The number of anilines is 1. The number of hydrogen-bond acceptors (Lipinski definition) is 3. The van der Waals surface area contributed by atoms with Crippen molar-refractivity contribution in [1.82, 2.24) is 10.3 Å².